The van der Waals surface area contributed by atoms with Crippen LogP contribution in [-0.2, 0) is 4.79 Å². The quantitative estimate of drug-likeness (QED) is 0.582. The van der Waals surface area contributed by atoms with E-state index in [1.807, 2.05) is 41.3 Å². The Kier molecular flexibility index (Phi) is 6.54. The molecule has 1 aliphatic heterocycles. The summed E-state index contributed by atoms with van der Waals surface area (Å²) in [5, 5.41) is 23.2. The van der Waals surface area contributed by atoms with Gasteiger partial charge in [-0.1, -0.05) is 22.0 Å². The molecule has 1 aromatic heterocycles. The van der Waals surface area contributed by atoms with Crippen LogP contribution in [0.5, 0.6) is 0 Å². The third-order valence-corrected chi connectivity index (χ3v) is 4.71. The van der Waals surface area contributed by atoms with Crippen molar-refractivity contribution in [1.82, 2.24) is 15.2 Å². The highest BCUT2D eigenvalue weighted by Crippen LogP contribution is 2.17. The molecule has 0 aliphatic carbocycles. The molecule has 0 amide bonds. The molecule has 1 atom stereocenters. The Hall–Kier alpha value is -2.29. The van der Waals surface area contributed by atoms with Gasteiger partial charge in [0.05, 0.1) is 36.3 Å². The molecule has 0 saturated carbocycles. The van der Waals surface area contributed by atoms with Crippen LogP contribution in [0.4, 0.5) is 0 Å². The van der Waals surface area contributed by atoms with Gasteiger partial charge in [-0.25, -0.2) is 0 Å². The molecule has 0 radical (unpaired) electrons. The number of carboxylic acid groups (broad SMARTS) is 1. The van der Waals surface area contributed by atoms with Gasteiger partial charge in [0.15, 0.2) is 0 Å². The second-order valence-electron chi connectivity index (χ2n) is 6.14. The molecule has 0 spiro atoms. The first-order valence-corrected chi connectivity index (χ1v) is 9.48. The average molecular weight is 433 g/mol. The van der Waals surface area contributed by atoms with Gasteiger partial charge in [0.25, 0.3) is 0 Å². The Labute approximate surface area is 165 Å². The maximum Gasteiger partial charge on any atom is 0.305 e. The Morgan fingerprint density at radius 2 is 2.19 bits per heavy atom. The number of pyridine rings is 1. The van der Waals surface area contributed by atoms with E-state index in [9.17, 15) is 9.90 Å². The van der Waals surface area contributed by atoms with Gasteiger partial charge in [0.1, 0.15) is 6.17 Å². The van der Waals surface area contributed by atoms with Gasteiger partial charge in [0.2, 0.25) is 0 Å². The number of fused-ring (bicyclic) bond motifs is 1. The summed E-state index contributed by atoms with van der Waals surface area (Å²) in [6.07, 6.45) is 1.46. The number of nitrogens with zero attached hydrogens (tertiary/aromatic N) is 3. The minimum atomic E-state index is -0.856. The number of aliphatic hydroxyl groups is 1. The smallest absolute Gasteiger partial charge is 0.305 e. The molecule has 0 bridgehead atoms. The minimum absolute atomic E-state index is 0.00511. The molecule has 8 heteroatoms. The lowest BCUT2D eigenvalue weighted by molar-refractivity contribution is -0.137. The summed E-state index contributed by atoms with van der Waals surface area (Å²) in [6.45, 7) is 1.22. The van der Waals surface area contributed by atoms with Crippen LogP contribution in [0.25, 0.3) is 5.70 Å². The first-order valence-electron chi connectivity index (χ1n) is 8.68. The van der Waals surface area contributed by atoms with Crippen molar-refractivity contribution >= 4 is 27.6 Å². The Balaban J connectivity index is 2.20. The van der Waals surface area contributed by atoms with E-state index in [0.717, 1.165) is 26.4 Å². The fourth-order valence-electron chi connectivity index (χ4n) is 3.07. The average Bonchev–Trinajstić information content (AvgIpc) is 2.81. The topological polar surface area (TPSA) is 98.0 Å². The van der Waals surface area contributed by atoms with Crippen molar-refractivity contribution < 1.29 is 15.0 Å². The number of hydrogen-bond acceptors (Lipinski definition) is 6. The molecule has 2 aromatic rings. The van der Waals surface area contributed by atoms with Gasteiger partial charge in [-0.05, 0) is 30.3 Å². The van der Waals surface area contributed by atoms with Gasteiger partial charge >= 0.3 is 5.97 Å². The highest BCUT2D eigenvalue weighted by molar-refractivity contribution is 9.10. The van der Waals surface area contributed by atoms with Gasteiger partial charge in [0, 0.05) is 29.0 Å². The second-order valence-corrected chi connectivity index (χ2v) is 7.05. The molecule has 27 heavy (non-hydrogen) atoms. The molecule has 1 unspecified atom stereocenters. The highest BCUT2D eigenvalue weighted by Gasteiger charge is 2.22. The molecule has 0 fully saturated rings. The summed E-state index contributed by atoms with van der Waals surface area (Å²) >= 11 is 3.52. The second kappa shape index (κ2) is 9.07. The van der Waals surface area contributed by atoms with Crippen molar-refractivity contribution in [3.8, 4) is 0 Å². The number of benzene rings is 1. The van der Waals surface area contributed by atoms with Crippen LogP contribution in [0.1, 0.15) is 12.1 Å². The van der Waals surface area contributed by atoms with E-state index < -0.39 is 5.97 Å². The Morgan fingerprint density at radius 1 is 1.33 bits per heavy atom. The number of aliphatic hydroxyl groups excluding tert-OH is 1. The van der Waals surface area contributed by atoms with Gasteiger partial charge < -0.3 is 15.1 Å². The zero-order valence-electron chi connectivity index (χ0n) is 14.7. The van der Waals surface area contributed by atoms with Crippen LogP contribution in [0.2, 0.25) is 0 Å². The molecule has 1 aliphatic rings. The maximum absolute atomic E-state index is 11.2. The van der Waals surface area contributed by atoms with E-state index in [0.29, 0.717) is 19.6 Å². The van der Waals surface area contributed by atoms with Crippen LogP contribution in [0.15, 0.2) is 52.1 Å². The predicted octanol–water partition coefficient (Wildman–Crippen LogP) is 0.319. The molecule has 0 saturated heterocycles. The summed E-state index contributed by atoms with van der Waals surface area (Å²) in [6, 6.07) is 11.5. The number of rotatable bonds is 7. The van der Waals surface area contributed by atoms with Gasteiger partial charge in [-0.15, -0.1) is 0 Å². The summed E-state index contributed by atoms with van der Waals surface area (Å²) < 4.78 is 0.907. The number of aliphatic carboxylic acids is 1. The third-order valence-electron chi connectivity index (χ3n) is 4.21. The first-order chi connectivity index (χ1) is 13.1. The van der Waals surface area contributed by atoms with Crippen molar-refractivity contribution in [2.75, 3.05) is 26.2 Å². The van der Waals surface area contributed by atoms with Crippen LogP contribution in [0.3, 0.4) is 0 Å². The molecule has 1 aromatic carbocycles. The third kappa shape index (κ3) is 4.91. The zero-order chi connectivity index (χ0) is 19.2. The van der Waals surface area contributed by atoms with Crippen LogP contribution in [-0.4, -0.2) is 58.5 Å². The molecular formula is C19H21BrN4O3. The predicted molar refractivity (Wildman–Crippen MR) is 104 cm³/mol. The lowest BCUT2D eigenvalue weighted by Gasteiger charge is -2.28. The molecule has 3 rings (SSSR count). The maximum atomic E-state index is 11.2. The minimum Gasteiger partial charge on any atom is -0.481 e. The number of aromatic nitrogens is 1. The van der Waals surface area contributed by atoms with Crippen molar-refractivity contribution in [1.29, 1.82) is 0 Å². The molecule has 142 valence electrons. The number of nitrogens with one attached hydrogen (secondary N) is 1. The van der Waals surface area contributed by atoms with E-state index in [-0.39, 0.29) is 19.2 Å². The zero-order valence-corrected chi connectivity index (χ0v) is 16.3. The van der Waals surface area contributed by atoms with Crippen molar-refractivity contribution in [2.24, 2.45) is 4.99 Å². The fourth-order valence-corrected chi connectivity index (χ4v) is 3.43. The van der Waals surface area contributed by atoms with E-state index in [2.05, 4.69) is 26.2 Å². The highest BCUT2D eigenvalue weighted by atomic mass is 79.9. The van der Waals surface area contributed by atoms with Crippen molar-refractivity contribution in [3.63, 3.8) is 0 Å². The van der Waals surface area contributed by atoms with E-state index in [1.165, 1.54) is 0 Å². The SMILES string of the molecule is O=C(O)CCN1CC(NCCO)N=c2ccc(Br)cc2=C1c1ccccn1. The van der Waals surface area contributed by atoms with E-state index in [1.54, 1.807) is 6.20 Å². The monoisotopic (exact) mass is 432 g/mol. The van der Waals surface area contributed by atoms with Gasteiger partial charge in [-0.3, -0.25) is 20.1 Å². The number of carboxylic acids is 1. The first kappa shape index (κ1) is 19.5. The van der Waals surface area contributed by atoms with Crippen LogP contribution in [0, 0.1) is 0 Å². The van der Waals surface area contributed by atoms with Crippen LogP contribution < -0.4 is 15.9 Å². The standard InChI is InChI=1S/C19H21BrN4O3/c20-13-4-5-15-14(11-13)19(16-3-1-2-7-21-16)24(9-6-18(26)27)12-17(23-15)22-8-10-25/h1-5,7,11,17,22,25H,6,8-10,12H2,(H,26,27). The summed E-state index contributed by atoms with van der Waals surface area (Å²) in [5.41, 5.74) is 1.62. The van der Waals surface area contributed by atoms with E-state index >= 15 is 0 Å². The largest absolute Gasteiger partial charge is 0.481 e. The van der Waals surface area contributed by atoms with E-state index in [4.69, 9.17) is 10.1 Å². The normalized spacial score (nSPS) is 16.4. The fraction of sp³-hybridized carbons (Fsp3) is 0.316. The molecule has 7 nitrogen and oxygen atoms in total. The summed E-state index contributed by atoms with van der Waals surface area (Å²) in [7, 11) is 0. The lowest BCUT2D eigenvalue weighted by atomic mass is 10.1. The number of carbonyl (C=O) groups is 1. The molecule has 3 N–H and O–H groups in total. The Bertz CT molecular complexity index is 920. The van der Waals surface area contributed by atoms with Gasteiger partial charge in [-0.2, -0.15) is 0 Å². The van der Waals surface area contributed by atoms with Crippen molar-refractivity contribution in [2.45, 2.75) is 12.6 Å². The Morgan fingerprint density at radius 3 is 2.89 bits per heavy atom. The lowest BCUT2D eigenvalue weighted by Crippen LogP contribution is -2.41. The van der Waals surface area contributed by atoms with Crippen LogP contribution >= 0.6 is 15.9 Å². The number of hydrogen-bond donors (Lipinski definition) is 3. The molecule has 2 heterocycles. The molecular weight excluding hydrogens is 412 g/mol. The van der Waals surface area contributed by atoms with Crippen molar-refractivity contribution in [3.05, 3.63) is 63.3 Å². The summed E-state index contributed by atoms with van der Waals surface area (Å²) in [5.74, 6) is -0.856. The summed E-state index contributed by atoms with van der Waals surface area (Å²) in [4.78, 5) is 22.5. The number of halogens is 1.